The standard InChI is InChI=1S/C21H18N4O2S/c1-14-4-2-3-5-17(14)21(15-8-10-22-11-9-15)23-20(26)13-27-16-6-7-18-19(12-16)25-28-24-18/h2-12,21H,13H2,1H3,(H,23,26). The SMILES string of the molecule is Cc1ccccc1C(NC(=O)COc1ccc2nsnc2c1)c1ccncc1. The Balaban J connectivity index is 1.50. The maximum Gasteiger partial charge on any atom is 0.258 e. The Kier molecular flexibility index (Phi) is 5.25. The van der Waals surface area contributed by atoms with Crippen molar-refractivity contribution in [3.8, 4) is 5.75 Å². The second-order valence-electron chi connectivity index (χ2n) is 6.34. The Morgan fingerprint density at radius 2 is 1.86 bits per heavy atom. The molecular weight excluding hydrogens is 372 g/mol. The number of pyridine rings is 1. The topological polar surface area (TPSA) is 77.0 Å². The number of nitrogens with zero attached hydrogens (tertiary/aromatic N) is 3. The van der Waals surface area contributed by atoms with E-state index in [0.29, 0.717) is 5.75 Å². The fourth-order valence-electron chi connectivity index (χ4n) is 3.01. The molecule has 0 aliphatic heterocycles. The van der Waals surface area contributed by atoms with Crippen LogP contribution in [0.25, 0.3) is 11.0 Å². The van der Waals surface area contributed by atoms with Gasteiger partial charge in [-0.25, -0.2) is 0 Å². The van der Waals surface area contributed by atoms with E-state index >= 15 is 0 Å². The largest absolute Gasteiger partial charge is 0.484 e. The lowest BCUT2D eigenvalue weighted by Crippen LogP contribution is -2.33. The smallest absolute Gasteiger partial charge is 0.258 e. The Morgan fingerprint density at radius 1 is 1.07 bits per heavy atom. The van der Waals surface area contributed by atoms with E-state index in [1.54, 1.807) is 24.5 Å². The molecule has 0 aliphatic carbocycles. The monoisotopic (exact) mass is 390 g/mol. The molecule has 2 aromatic carbocycles. The predicted octanol–water partition coefficient (Wildman–Crippen LogP) is 3.68. The number of carbonyl (C=O) groups excluding carboxylic acids is 1. The molecule has 0 fully saturated rings. The minimum absolute atomic E-state index is 0.0868. The second-order valence-corrected chi connectivity index (χ2v) is 6.87. The Hall–Kier alpha value is -3.32. The molecule has 0 bridgehead atoms. The average Bonchev–Trinajstić information content (AvgIpc) is 3.20. The Bertz CT molecular complexity index is 1100. The molecule has 4 aromatic rings. The molecule has 0 saturated heterocycles. The van der Waals surface area contributed by atoms with Gasteiger partial charge in [0, 0.05) is 18.5 Å². The van der Waals surface area contributed by atoms with E-state index in [0.717, 1.165) is 39.5 Å². The van der Waals surface area contributed by atoms with Crippen LogP contribution in [0.15, 0.2) is 67.0 Å². The van der Waals surface area contributed by atoms with Crippen LogP contribution in [0.4, 0.5) is 0 Å². The summed E-state index contributed by atoms with van der Waals surface area (Å²) in [4.78, 5) is 16.7. The number of carbonyl (C=O) groups is 1. The van der Waals surface area contributed by atoms with Gasteiger partial charge in [0.05, 0.1) is 17.8 Å². The molecule has 1 atom stereocenters. The van der Waals surface area contributed by atoms with Gasteiger partial charge in [-0.3, -0.25) is 9.78 Å². The molecule has 2 aromatic heterocycles. The highest BCUT2D eigenvalue weighted by atomic mass is 32.1. The van der Waals surface area contributed by atoms with Gasteiger partial charge >= 0.3 is 0 Å². The fourth-order valence-corrected chi connectivity index (χ4v) is 3.53. The van der Waals surface area contributed by atoms with Crippen LogP contribution < -0.4 is 10.1 Å². The molecule has 2 heterocycles. The number of amides is 1. The molecule has 6 nitrogen and oxygen atoms in total. The third-order valence-corrected chi connectivity index (χ3v) is 5.00. The average molecular weight is 390 g/mol. The van der Waals surface area contributed by atoms with Gasteiger partial charge in [-0.2, -0.15) is 8.75 Å². The molecule has 140 valence electrons. The second kappa shape index (κ2) is 8.14. The maximum atomic E-state index is 12.6. The van der Waals surface area contributed by atoms with Crippen molar-refractivity contribution in [3.05, 3.63) is 83.7 Å². The van der Waals surface area contributed by atoms with E-state index in [4.69, 9.17) is 4.74 Å². The van der Waals surface area contributed by atoms with Crippen LogP contribution in [0.5, 0.6) is 5.75 Å². The van der Waals surface area contributed by atoms with E-state index in [9.17, 15) is 4.79 Å². The van der Waals surface area contributed by atoms with Crippen LogP contribution in [0, 0.1) is 6.92 Å². The lowest BCUT2D eigenvalue weighted by atomic mass is 9.95. The summed E-state index contributed by atoms with van der Waals surface area (Å²) in [5.41, 5.74) is 4.69. The number of aromatic nitrogens is 3. The first-order valence-electron chi connectivity index (χ1n) is 8.80. The van der Waals surface area contributed by atoms with Crippen LogP contribution in [-0.4, -0.2) is 26.2 Å². The molecule has 0 radical (unpaired) electrons. The lowest BCUT2D eigenvalue weighted by Gasteiger charge is -2.21. The minimum atomic E-state index is -0.273. The molecule has 0 aliphatic rings. The van der Waals surface area contributed by atoms with Crippen molar-refractivity contribution < 1.29 is 9.53 Å². The summed E-state index contributed by atoms with van der Waals surface area (Å²) < 4.78 is 14.0. The van der Waals surface area contributed by atoms with Crippen LogP contribution in [0.3, 0.4) is 0 Å². The summed E-state index contributed by atoms with van der Waals surface area (Å²) in [6.07, 6.45) is 3.45. The van der Waals surface area contributed by atoms with Crippen LogP contribution in [-0.2, 0) is 4.79 Å². The van der Waals surface area contributed by atoms with Gasteiger partial charge in [-0.1, -0.05) is 24.3 Å². The van der Waals surface area contributed by atoms with E-state index in [1.165, 1.54) is 0 Å². The third kappa shape index (κ3) is 3.99. The summed E-state index contributed by atoms with van der Waals surface area (Å²) in [6.45, 7) is 1.94. The normalized spacial score (nSPS) is 11.9. The zero-order valence-electron chi connectivity index (χ0n) is 15.2. The molecular formula is C21H18N4O2S. The number of nitrogens with one attached hydrogen (secondary N) is 1. The number of aryl methyl sites for hydroxylation is 1. The number of rotatable bonds is 6. The van der Waals surface area contributed by atoms with E-state index in [1.807, 2.05) is 49.4 Å². The first-order chi connectivity index (χ1) is 13.7. The minimum Gasteiger partial charge on any atom is -0.484 e. The van der Waals surface area contributed by atoms with Gasteiger partial charge in [-0.05, 0) is 47.9 Å². The first kappa shape index (κ1) is 18.1. The zero-order valence-corrected chi connectivity index (χ0v) is 16.0. The van der Waals surface area contributed by atoms with Gasteiger partial charge in [-0.15, -0.1) is 0 Å². The highest BCUT2D eigenvalue weighted by Gasteiger charge is 2.18. The molecule has 0 saturated carbocycles. The third-order valence-electron chi connectivity index (χ3n) is 4.44. The highest BCUT2D eigenvalue weighted by molar-refractivity contribution is 7.00. The van der Waals surface area contributed by atoms with Crippen LogP contribution in [0.2, 0.25) is 0 Å². The quantitative estimate of drug-likeness (QED) is 0.543. The first-order valence-corrected chi connectivity index (χ1v) is 9.53. The fraction of sp³-hybridized carbons (Fsp3) is 0.143. The van der Waals surface area contributed by atoms with Crippen molar-refractivity contribution >= 4 is 28.7 Å². The van der Waals surface area contributed by atoms with Crippen molar-refractivity contribution in [2.75, 3.05) is 6.61 Å². The maximum absolute atomic E-state index is 12.6. The van der Waals surface area contributed by atoms with Gasteiger partial charge in [0.15, 0.2) is 6.61 Å². The van der Waals surface area contributed by atoms with Crippen molar-refractivity contribution in [2.45, 2.75) is 13.0 Å². The molecule has 0 spiro atoms. The number of hydrogen-bond donors (Lipinski definition) is 1. The molecule has 28 heavy (non-hydrogen) atoms. The molecule has 1 N–H and O–H groups in total. The van der Waals surface area contributed by atoms with Crippen LogP contribution >= 0.6 is 11.7 Å². The van der Waals surface area contributed by atoms with Gasteiger partial charge < -0.3 is 10.1 Å². The molecule has 1 unspecified atom stereocenters. The van der Waals surface area contributed by atoms with E-state index in [-0.39, 0.29) is 18.6 Å². The van der Waals surface area contributed by atoms with E-state index < -0.39 is 0 Å². The number of benzene rings is 2. The molecule has 4 rings (SSSR count). The zero-order chi connectivity index (χ0) is 19.3. The molecule has 1 amide bonds. The summed E-state index contributed by atoms with van der Waals surface area (Å²) in [5, 5.41) is 3.08. The Labute approximate surface area is 166 Å². The number of ether oxygens (including phenoxy) is 1. The van der Waals surface area contributed by atoms with Crippen molar-refractivity contribution in [1.29, 1.82) is 0 Å². The van der Waals surface area contributed by atoms with Gasteiger partial charge in [0.2, 0.25) is 0 Å². The predicted molar refractivity (Wildman–Crippen MR) is 108 cm³/mol. The number of hydrogen-bond acceptors (Lipinski definition) is 6. The summed E-state index contributed by atoms with van der Waals surface area (Å²) in [6, 6.07) is 16.9. The van der Waals surface area contributed by atoms with E-state index in [2.05, 4.69) is 19.0 Å². The van der Waals surface area contributed by atoms with Gasteiger partial charge in [0.25, 0.3) is 5.91 Å². The van der Waals surface area contributed by atoms with Crippen molar-refractivity contribution in [3.63, 3.8) is 0 Å². The summed E-state index contributed by atoms with van der Waals surface area (Å²) in [5.74, 6) is 0.383. The number of fused-ring (bicyclic) bond motifs is 1. The molecule has 7 heteroatoms. The van der Waals surface area contributed by atoms with Gasteiger partial charge in [0.1, 0.15) is 16.8 Å². The highest BCUT2D eigenvalue weighted by Crippen LogP contribution is 2.24. The summed E-state index contributed by atoms with van der Waals surface area (Å²) >= 11 is 1.15. The Morgan fingerprint density at radius 3 is 2.68 bits per heavy atom. The van der Waals surface area contributed by atoms with Crippen LogP contribution in [0.1, 0.15) is 22.7 Å². The van der Waals surface area contributed by atoms with Crippen molar-refractivity contribution in [2.24, 2.45) is 0 Å². The summed E-state index contributed by atoms with van der Waals surface area (Å²) in [7, 11) is 0. The van der Waals surface area contributed by atoms with Crippen molar-refractivity contribution in [1.82, 2.24) is 19.0 Å². The lowest BCUT2D eigenvalue weighted by molar-refractivity contribution is -0.123.